The van der Waals surface area contributed by atoms with Crippen LogP contribution in [0, 0.1) is 11.3 Å². The van der Waals surface area contributed by atoms with E-state index in [-0.39, 0.29) is 21.9 Å². The molecule has 2 fully saturated rings. The van der Waals surface area contributed by atoms with Crippen LogP contribution in [0.15, 0.2) is 24.3 Å². The highest BCUT2D eigenvalue weighted by molar-refractivity contribution is 6.33. The number of urea groups is 1. The Morgan fingerprint density at radius 1 is 1.21 bits per heavy atom. The van der Waals surface area contributed by atoms with Crippen molar-refractivity contribution in [2.24, 2.45) is 11.3 Å². The summed E-state index contributed by atoms with van der Waals surface area (Å²) in [5.41, 5.74) is 3.59. The maximum Gasteiger partial charge on any atom is 0.325 e. The lowest BCUT2D eigenvalue weighted by Crippen LogP contribution is -2.54. The van der Waals surface area contributed by atoms with Crippen LogP contribution in [0.25, 0.3) is 0 Å². The molecule has 3 rings (SSSR count). The number of amides is 5. The molecule has 2 atom stereocenters. The lowest BCUT2D eigenvalue weighted by Gasteiger charge is -2.43. The van der Waals surface area contributed by atoms with Crippen LogP contribution in [-0.4, -0.2) is 40.7 Å². The number of rotatable bonds is 3. The molecule has 1 aliphatic carbocycles. The molecule has 1 saturated carbocycles. The smallest absolute Gasteiger partial charge is 0.323 e. The van der Waals surface area contributed by atoms with Crippen LogP contribution in [0.3, 0.4) is 0 Å². The Balaban J connectivity index is 1.62. The second-order valence-corrected chi connectivity index (χ2v) is 9.15. The number of nitrogens with zero attached hydrogens (tertiary/aromatic N) is 1. The average Bonchev–Trinajstić information content (AvgIpc) is 2.81. The summed E-state index contributed by atoms with van der Waals surface area (Å²) in [5, 5.41) is 3.05. The number of hydrogen-bond donors (Lipinski definition) is 3. The van der Waals surface area contributed by atoms with Gasteiger partial charge in [0, 0.05) is 0 Å². The van der Waals surface area contributed by atoms with Gasteiger partial charge in [-0.05, 0) is 42.7 Å². The Bertz CT molecular complexity index is 872. The number of carbonyl (C=O) groups excluding carboxylic acids is 4. The molecule has 1 aromatic rings. The van der Waals surface area contributed by atoms with Gasteiger partial charge >= 0.3 is 6.03 Å². The molecular weight excluding hydrogens is 396 g/mol. The molecule has 0 radical (unpaired) electrons. The normalized spacial score (nSPS) is 25.7. The largest absolute Gasteiger partial charge is 0.325 e. The van der Waals surface area contributed by atoms with Gasteiger partial charge in [-0.2, -0.15) is 0 Å². The van der Waals surface area contributed by atoms with Crippen molar-refractivity contribution in [1.29, 1.82) is 0 Å². The third kappa shape index (κ3) is 4.37. The third-order valence-electron chi connectivity index (χ3n) is 5.36. The van der Waals surface area contributed by atoms with Crippen molar-refractivity contribution in [1.82, 2.24) is 21.1 Å². The van der Waals surface area contributed by atoms with Gasteiger partial charge in [-0.3, -0.25) is 30.1 Å². The first-order valence-corrected chi connectivity index (χ1v) is 9.89. The van der Waals surface area contributed by atoms with Gasteiger partial charge in [-0.1, -0.05) is 44.5 Å². The zero-order valence-corrected chi connectivity index (χ0v) is 17.4. The maximum absolute atomic E-state index is 13.0. The van der Waals surface area contributed by atoms with Crippen LogP contribution in [0.4, 0.5) is 4.79 Å². The van der Waals surface area contributed by atoms with E-state index in [4.69, 9.17) is 11.6 Å². The van der Waals surface area contributed by atoms with Crippen LogP contribution in [0.5, 0.6) is 0 Å². The summed E-state index contributed by atoms with van der Waals surface area (Å²) in [6, 6.07) is 5.79. The first kappa shape index (κ1) is 21.1. The van der Waals surface area contributed by atoms with Crippen molar-refractivity contribution in [3.05, 3.63) is 34.9 Å². The minimum atomic E-state index is -0.973. The monoisotopic (exact) mass is 420 g/mol. The number of carbonyl (C=O) groups is 4. The molecule has 8 nitrogen and oxygen atoms in total. The minimum absolute atomic E-state index is 0.0954. The van der Waals surface area contributed by atoms with Gasteiger partial charge in [-0.25, -0.2) is 4.79 Å². The summed E-state index contributed by atoms with van der Waals surface area (Å²) in [4.78, 5) is 50.7. The van der Waals surface area contributed by atoms with E-state index in [1.54, 1.807) is 18.2 Å². The molecule has 2 aliphatic rings. The molecule has 9 heteroatoms. The first-order chi connectivity index (χ1) is 13.5. The van der Waals surface area contributed by atoms with Crippen LogP contribution < -0.4 is 16.2 Å². The molecule has 1 aromatic carbocycles. The molecule has 1 spiro atoms. The van der Waals surface area contributed by atoms with Crippen LogP contribution in [0.2, 0.25) is 5.02 Å². The van der Waals surface area contributed by atoms with E-state index in [0.717, 1.165) is 11.3 Å². The summed E-state index contributed by atoms with van der Waals surface area (Å²) in [6.45, 7) is 5.72. The van der Waals surface area contributed by atoms with Gasteiger partial charge in [0.25, 0.3) is 17.7 Å². The number of hydrogen-bond acceptors (Lipinski definition) is 4. The van der Waals surface area contributed by atoms with Crippen LogP contribution >= 0.6 is 11.6 Å². The molecule has 1 heterocycles. The highest BCUT2D eigenvalue weighted by Crippen LogP contribution is 2.46. The number of halogens is 1. The maximum atomic E-state index is 13.0. The predicted molar refractivity (Wildman–Crippen MR) is 107 cm³/mol. The molecule has 0 bridgehead atoms. The van der Waals surface area contributed by atoms with Crippen molar-refractivity contribution < 1.29 is 19.2 Å². The highest BCUT2D eigenvalue weighted by atomic mass is 35.5. The van der Waals surface area contributed by atoms with E-state index >= 15 is 0 Å². The van der Waals surface area contributed by atoms with E-state index in [2.05, 4.69) is 36.9 Å². The number of benzene rings is 1. The van der Waals surface area contributed by atoms with E-state index in [1.165, 1.54) is 6.07 Å². The third-order valence-corrected chi connectivity index (χ3v) is 5.69. The first-order valence-electron chi connectivity index (χ1n) is 9.51. The predicted octanol–water partition coefficient (Wildman–Crippen LogP) is 2.24. The van der Waals surface area contributed by atoms with Crippen LogP contribution in [-0.2, 0) is 9.59 Å². The van der Waals surface area contributed by atoms with Gasteiger partial charge in [0.2, 0.25) is 0 Å². The lowest BCUT2D eigenvalue weighted by atomic mass is 9.64. The lowest BCUT2D eigenvalue weighted by molar-refractivity contribution is -0.137. The Hall–Kier alpha value is -2.61. The van der Waals surface area contributed by atoms with Crippen molar-refractivity contribution in [3.8, 4) is 0 Å². The summed E-state index contributed by atoms with van der Waals surface area (Å²) < 4.78 is 0. The second kappa shape index (κ2) is 7.67. The Morgan fingerprint density at radius 2 is 1.90 bits per heavy atom. The molecule has 3 N–H and O–H groups in total. The van der Waals surface area contributed by atoms with Gasteiger partial charge in [-0.15, -0.1) is 0 Å². The van der Waals surface area contributed by atoms with E-state index in [0.29, 0.717) is 12.8 Å². The summed E-state index contributed by atoms with van der Waals surface area (Å²) in [7, 11) is 0. The number of hydrazine groups is 1. The zero-order valence-electron chi connectivity index (χ0n) is 16.7. The topological polar surface area (TPSA) is 108 Å². The molecule has 1 saturated heterocycles. The fraction of sp³-hybridized carbons (Fsp3) is 0.500. The minimum Gasteiger partial charge on any atom is -0.323 e. The van der Waals surface area contributed by atoms with E-state index < -0.39 is 35.8 Å². The van der Waals surface area contributed by atoms with Crippen molar-refractivity contribution >= 4 is 35.4 Å². The van der Waals surface area contributed by atoms with Gasteiger partial charge in [0.1, 0.15) is 12.1 Å². The molecular formula is C20H25ClN4O4. The summed E-state index contributed by atoms with van der Waals surface area (Å²) in [6.07, 6.45) is 2.03. The van der Waals surface area contributed by atoms with Crippen molar-refractivity contribution in [3.63, 3.8) is 0 Å². The Kier molecular flexibility index (Phi) is 5.58. The van der Waals surface area contributed by atoms with Gasteiger partial charge in [0.15, 0.2) is 0 Å². The Labute approximate surface area is 174 Å². The standard InChI is InChI=1S/C20H25ClN4O4/c1-12-8-19(2,3)11-20(9-12)17(28)25(18(29)22-20)10-15(26)23-24-16(27)13-6-4-5-7-14(13)21/h4-7,12H,8-11H2,1-3H3,(H,22,29)(H,23,26)(H,24,27)/t12-,20+/m0/s1. The van der Waals surface area contributed by atoms with E-state index in [9.17, 15) is 19.2 Å². The molecule has 156 valence electrons. The summed E-state index contributed by atoms with van der Waals surface area (Å²) >= 11 is 5.95. The van der Waals surface area contributed by atoms with Gasteiger partial charge < -0.3 is 5.32 Å². The Morgan fingerprint density at radius 3 is 2.55 bits per heavy atom. The van der Waals surface area contributed by atoms with E-state index in [1.807, 2.05) is 0 Å². The van der Waals surface area contributed by atoms with Gasteiger partial charge in [0.05, 0.1) is 10.6 Å². The molecule has 1 aliphatic heterocycles. The SMILES string of the molecule is C[C@H]1CC(C)(C)C[C@@]2(C1)NC(=O)N(CC(=O)NNC(=O)c1ccccc1Cl)C2=O. The number of imide groups is 1. The fourth-order valence-electron chi connectivity index (χ4n) is 4.67. The van der Waals surface area contributed by atoms with Crippen molar-refractivity contribution in [2.75, 3.05) is 6.54 Å². The van der Waals surface area contributed by atoms with Crippen LogP contribution in [0.1, 0.15) is 50.4 Å². The summed E-state index contributed by atoms with van der Waals surface area (Å²) in [5.74, 6) is -1.41. The zero-order chi connectivity index (χ0) is 21.4. The van der Waals surface area contributed by atoms with Crippen molar-refractivity contribution in [2.45, 2.75) is 45.6 Å². The molecule has 0 aromatic heterocycles. The highest BCUT2D eigenvalue weighted by Gasteiger charge is 2.56. The second-order valence-electron chi connectivity index (χ2n) is 8.74. The molecule has 29 heavy (non-hydrogen) atoms. The fourth-order valence-corrected chi connectivity index (χ4v) is 4.89. The molecule has 5 amide bonds. The number of nitrogens with one attached hydrogen (secondary N) is 3. The molecule has 0 unspecified atom stereocenters. The quantitative estimate of drug-likeness (QED) is 0.514. The average molecular weight is 421 g/mol.